The van der Waals surface area contributed by atoms with Gasteiger partial charge in [0.2, 0.25) is 0 Å². The Morgan fingerprint density at radius 2 is 1.68 bits per heavy atom. The lowest BCUT2D eigenvalue weighted by Crippen LogP contribution is -2.01. The van der Waals surface area contributed by atoms with Crippen molar-refractivity contribution in [1.29, 1.82) is 0 Å². The number of rotatable bonds is 4. The van der Waals surface area contributed by atoms with Crippen LogP contribution in [0.25, 0.3) is 0 Å². The van der Waals surface area contributed by atoms with E-state index in [-0.39, 0.29) is 5.97 Å². The first-order chi connectivity index (χ1) is 9.22. The molecule has 4 nitrogen and oxygen atoms in total. The zero-order valence-corrected chi connectivity index (χ0v) is 10.9. The van der Waals surface area contributed by atoms with E-state index in [1.165, 1.54) is 7.11 Å². The van der Waals surface area contributed by atoms with Gasteiger partial charge in [-0.05, 0) is 42.5 Å². The van der Waals surface area contributed by atoms with Crippen LogP contribution in [0, 0.1) is 0 Å². The molecule has 0 saturated carbocycles. The molecule has 0 fully saturated rings. The van der Waals surface area contributed by atoms with Gasteiger partial charge in [0.05, 0.1) is 12.7 Å². The predicted octanol–water partition coefficient (Wildman–Crippen LogP) is 3.26. The monoisotopic (exact) mass is 256 g/mol. The lowest BCUT2D eigenvalue weighted by Gasteiger charge is -2.08. The molecule has 0 unspecified atom stereocenters. The minimum atomic E-state index is -0.339. The topological polar surface area (TPSA) is 50.4 Å². The molecule has 0 heterocycles. The van der Waals surface area contributed by atoms with Crippen LogP contribution in [0.2, 0.25) is 0 Å². The van der Waals surface area contributed by atoms with Gasteiger partial charge in [-0.2, -0.15) is 0 Å². The van der Waals surface area contributed by atoms with Crippen molar-refractivity contribution in [3.63, 3.8) is 0 Å². The smallest absolute Gasteiger partial charge is 0.337 e. The summed E-state index contributed by atoms with van der Waals surface area (Å²) >= 11 is 0. The van der Waals surface area contributed by atoms with E-state index in [4.69, 9.17) is 4.74 Å². The Morgan fingerprint density at radius 3 is 2.32 bits per heavy atom. The Labute approximate surface area is 112 Å². The van der Waals surface area contributed by atoms with E-state index in [0.717, 1.165) is 17.1 Å². The van der Waals surface area contributed by atoms with Gasteiger partial charge >= 0.3 is 5.97 Å². The van der Waals surface area contributed by atoms with Crippen molar-refractivity contribution >= 4 is 23.0 Å². The fraction of sp³-hybridized carbons (Fsp3) is 0.133. The van der Waals surface area contributed by atoms with Gasteiger partial charge < -0.3 is 15.4 Å². The van der Waals surface area contributed by atoms with Crippen molar-refractivity contribution in [2.24, 2.45) is 0 Å². The number of carbonyl (C=O) groups excluding carboxylic acids is 1. The molecule has 0 aliphatic rings. The molecule has 0 amide bonds. The standard InChI is InChI=1S/C15H16N2O2/c1-16-12-6-8-13(9-7-12)17-14-5-3-4-11(10-14)15(18)19-2/h3-10,16-17H,1-2H3. The van der Waals surface area contributed by atoms with Gasteiger partial charge in [-0.25, -0.2) is 4.79 Å². The molecule has 0 spiro atoms. The van der Waals surface area contributed by atoms with Crippen molar-refractivity contribution in [2.75, 3.05) is 24.8 Å². The fourth-order valence-electron chi connectivity index (χ4n) is 1.73. The fourth-order valence-corrected chi connectivity index (χ4v) is 1.73. The van der Waals surface area contributed by atoms with Crippen LogP contribution in [0.15, 0.2) is 48.5 Å². The Balaban J connectivity index is 2.16. The molecule has 0 bridgehead atoms. The number of hydrogen-bond donors (Lipinski definition) is 2. The Morgan fingerprint density at radius 1 is 1.00 bits per heavy atom. The summed E-state index contributed by atoms with van der Waals surface area (Å²) in [6.45, 7) is 0. The number of benzene rings is 2. The van der Waals surface area contributed by atoms with Gasteiger partial charge in [0.15, 0.2) is 0 Å². The molecule has 0 radical (unpaired) electrons. The van der Waals surface area contributed by atoms with E-state index >= 15 is 0 Å². The third kappa shape index (κ3) is 3.25. The number of nitrogens with one attached hydrogen (secondary N) is 2. The zero-order chi connectivity index (χ0) is 13.7. The van der Waals surface area contributed by atoms with Crippen molar-refractivity contribution in [2.45, 2.75) is 0 Å². The Kier molecular flexibility index (Phi) is 4.03. The summed E-state index contributed by atoms with van der Waals surface area (Å²) < 4.78 is 4.70. The van der Waals surface area contributed by atoms with Crippen LogP contribution in [0.4, 0.5) is 17.1 Å². The summed E-state index contributed by atoms with van der Waals surface area (Å²) in [6.07, 6.45) is 0. The van der Waals surface area contributed by atoms with Crippen molar-refractivity contribution in [1.82, 2.24) is 0 Å². The zero-order valence-electron chi connectivity index (χ0n) is 10.9. The summed E-state index contributed by atoms with van der Waals surface area (Å²) in [7, 11) is 3.25. The molecule has 0 aromatic heterocycles. The van der Waals surface area contributed by atoms with Crippen molar-refractivity contribution in [3.05, 3.63) is 54.1 Å². The van der Waals surface area contributed by atoms with E-state index in [2.05, 4.69) is 10.6 Å². The number of esters is 1. The molecule has 0 saturated heterocycles. The molecule has 0 aliphatic carbocycles. The lowest BCUT2D eigenvalue weighted by atomic mass is 10.2. The quantitative estimate of drug-likeness (QED) is 0.824. The molecule has 2 rings (SSSR count). The molecule has 4 heteroatoms. The van der Waals surface area contributed by atoms with Gasteiger partial charge in [-0.3, -0.25) is 0 Å². The van der Waals surface area contributed by atoms with Gasteiger partial charge in [-0.1, -0.05) is 6.07 Å². The van der Waals surface area contributed by atoms with Crippen LogP contribution in [-0.2, 0) is 4.74 Å². The average molecular weight is 256 g/mol. The van der Waals surface area contributed by atoms with E-state index < -0.39 is 0 Å². The molecule has 2 N–H and O–H groups in total. The third-order valence-corrected chi connectivity index (χ3v) is 2.75. The van der Waals surface area contributed by atoms with Crippen molar-refractivity contribution in [3.8, 4) is 0 Å². The summed E-state index contributed by atoms with van der Waals surface area (Å²) in [4.78, 5) is 11.4. The molecule has 0 aliphatic heterocycles. The van der Waals surface area contributed by atoms with Crippen LogP contribution in [0.3, 0.4) is 0 Å². The normalized spacial score (nSPS) is 9.79. The summed E-state index contributed by atoms with van der Waals surface area (Å²) in [5.41, 5.74) is 3.38. The van der Waals surface area contributed by atoms with E-state index in [1.54, 1.807) is 12.1 Å². The highest BCUT2D eigenvalue weighted by Gasteiger charge is 2.05. The minimum Gasteiger partial charge on any atom is -0.465 e. The molecule has 0 atom stereocenters. The van der Waals surface area contributed by atoms with Crippen LogP contribution < -0.4 is 10.6 Å². The first-order valence-electron chi connectivity index (χ1n) is 5.96. The maximum atomic E-state index is 11.4. The number of hydrogen-bond acceptors (Lipinski definition) is 4. The predicted molar refractivity (Wildman–Crippen MR) is 77.1 cm³/mol. The average Bonchev–Trinajstić information content (AvgIpc) is 2.47. The van der Waals surface area contributed by atoms with Crippen LogP contribution >= 0.6 is 0 Å². The van der Waals surface area contributed by atoms with Gasteiger partial charge in [-0.15, -0.1) is 0 Å². The Hall–Kier alpha value is -2.49. The van der Waals surface area contributed by atoms with Crippen LogP contribution in [-0.4, -0.2) is 20.1 Å². The molecule has 98 valence electrons. The minimum absolute atomic E-state index is 0.339. The van der Waals surface area contributed by atoms with Crippen LogP contribution in [0.5, 0.6) is 0 Å². The number of ether oxygens (including phenoxy) is 1. The highest BCUT2D eigenvalue weighted by Crippen LogP contribution is 2.19. The van der Waals surface area contributed by atoms with Gasteiger partial charge in [0, 0.05) is 24.1 Å². The molecule has 2 aromatic rings. The highest BCUT2D eigenvalue weighted by molar-refractivity contribution is 5.90. The highest BCUT2D eigenvalue weighted by atomic mass is 16.5. The first-order valence-corrected chi connectivity index (χ1v) is 5.96. The second kappa shape index (κ2) is 5.91. The van der Waals surface area contributed by atoms with E-state index in [1.807, 2.05) is 43.4 Å². The van der Waals surface area contributed by atoms with Gasteiger partial charge in [0.25, 0.3) is 0 Å². The van der Waals surface area contributed by atoms with Gasteiger partial charge in [0.1, 0.15) is 0 Å². The number of carbonyl (C=O) groups is 1. The summed E-state index contributed by atoms with van der Waals surface area (Å²) in [6, 6.07) is 15.1. The summed E-state index contributed by atoms with van der Waals surface area (Å²) in [5, 5.41) is 6.30. The van der Waals surface area contributed by atoms with Crippen molar-refractivity contribution < 1.29 is 9.53 Å². The second-order valence-electron chi connectivity index (χ2n) is 4.02. The Bertz CT molecular complexity index is 565. The number of anilines is 3. The maximum Gasteiger partial charge on any atom is 0.337 e. The van der Waals surface area contributed by atoms with E-state index in [0.29, 0.717) is 5.56 Å². The molecular weight excluding hydrogens is 240 g/mol. The van der Waals surface area contributed by atoms with E-state index in [9.17, 15) is 4.79 Å². The van der Waals surface area contributed by atoms with Crippen LogP contribution in [0.1, 0.15) is 10.4 Å². The lowest BCUT2D eigenvalue weighted by molar-refractivity contribution is 0.0601. The summed E-state index contributed by atoms with van der Waals surface area (Å²) in [5.74, 6) is -0.339. The first kappa shape index (κ1) is 13.0. The SMILES string of the molecule is CNc1ccc(Nc2cccc(C(=O)OC)c2)cc1. The molecular formula is C15H16N2O2. The second-order valence-corrected chi connectivity index (χ2v) is 4.02. The molecule has 2 aromatic carbocycles. The number of methoxy groups -OCH3 is 1. The largest absolute Gasteiger partial charge is 0.465 e. The maximum absolute atomic E-state index is 11.4. The third-order valence-electron chi connectivity index (χ3n) is 2.75. The molecule has 19 heavy (non-hydrogen) atoms.